The van der Waals surface area contributed by atoms with Gasteiger partial charge in [0, 0.05) is 17.3 Å². The number of anilines is 2. The second-order valence-corrected chi connectivity index (χ2v) is 4.97. The van der Waals surface area contributed by atoms with Gasteiger partial charge in [0.2, 0.25) is 0 Å². The van der Waals surface area contributed by atoms with Crippen LogP contribution in [0, 0.1) is 15.9 Å². The Morgan fingerprint density at radius 2 is 2.00 bits per heavy atom. The van der Waals surface area contributed by atoms with Crippen LogP contribution in [-0.2, 0) is 0 Å². The Balaban J connectivity index is 2.22. The molecular formula is C13H9BrFN3O3. The fraction of sp³-hybridized carbons (Fsp3) is 0. The molecule has 0 saturated heterocycles. The van der Waals surface area contributed by atoms with Crippen LogP contribution in [0.1, 0.15) is 10.4 Å². The van der Waals surface area contributed by atoms with Crippen molar-refractivity contribution in [3.8, 4) is 0 Å². The highest BCUT2D eigenvalue weighted by molar-refractivity contribution is 9.10. The number of nitrogens with two attached hydrogens (primary N) is 1. The van der Waals surface area contributed by atoms with E-state index in [0.29, 0.717) is 5.69 Å². The number of hydrogen-bond acceptors (Lipinski definition) is 4. The molecule has 0 spiro atoms. The molecule has 0 heterocycles. The predicted molar refractivity (Wildman–Crippen MR) is 79.6 cm³/mol. The molecule has 0 unspecified atom stereocenters. The topological polar surface area (TPSA) is 98.3 Å². The summed E-state index contributed by atoms with van der Waals surface area (Å²) in [5, 5.41) is 13.2. The van der Waals surface area contributed by atoms with Crippen molar-refractivity contribution in [3.05, 3.63) is 62.4 Å². The number of carbonyl (C=O) groups is 1. The quantitative estimate of drug-likeness (QED) is 0.502. The van der Waals surface area contributed by atoms with E-state index in [2.05, 4.69) is 21.2 Å². The maximum atomic E-state index is 13.1. The lowest BCUT2D eigenvalue weighted by Crippen LogP contribution is -2.12. The molecule has 0 aliphatic heterocycles. The number of benzene rings is 2. The Morgan fingerprint density at radius 1 is 1.29 bits per heavy atom. The first-order chi connectivity index (χ1) is 9.88. The number of halogens is 2. The lowest BCUT2D eigenvalue weighted by molar-refractivity contribution is -0.383. The first kappa shape index (κ1) is 14.9. The highest BCUT2D eigenvalue weighted by Gasteiger charge is 2.15. The van der Waals surface area contributed by atoms with E-state index in [1.165, 1.54) is 30.3 Å². The molecule has 1 amide bonds. The number of nitrogens with zero attached hydrogens (tertiary/aromatic N) is 1. The molecule has 6 nitrogen and oxygen atoms in total. The van der Waals surface area contributed by atoms with Crippen molar-refractivity contribution in [1.29, 1.82) is 0 Å². The number of nitro benzene ring substituents is 1. The van der Waals surface area contributed by atoms with Crippen molar-refractivity contribution >= 4 is 38.9 Å². The average Bonchev–Trinajstić information content (AvgIpc) is 2.42. The molecule has 0 atom stereocenters. The zero-order valence-electron chi connectivity index (χ0n) is 10.5. The largest absolute Gasteiger partial charge is 0.393 e. The van der Waals surface area contributed by atoms with Crippen molar-refractivity contribution in [3.63, 3.8) is 0 Å². The van der Waals surface area contributed by atoms with E-state index in [4.69, 9.17) is 5.73 Å². The molecule has 0 bridgehead atoms. The summed E-state index contributed by atoms with van der Waals surface area (Å²) in [5.41, 5.74) is 5.69. The van der Waals surface area contributed by atoms with Crippen LogP contribution < -0.4 is 11.1 Å². The summed E-state index contributed by atoms with van der Waals surface area (Å²) in [4.78, 5) is 22.0. The highest BCUT2D eigenvalue weighted by Crippen LogP contribution is 2.24. The fourth-order valence-corrected chi connectivity index (χ4v) is 2.02. The molecule has 2 aromatic carbocycles. The van der Waals surface area contributed by atoms with Crippen molar-refractivity contribution in [1.82, 2.24) is 0 Å². The second-order valence-electron chi connectivity index (χ2n) is 4.11. The Hall–Kier alpha value is -2.48. The molecule has 0 saturated carbocycles. The molecule has 2 aromatic rings. The van der Waals surface area contributed by atoms with Gasteiger partial charge in [-0.25, -0.2) is 4.39 Å². The molecule has 108 valence electrons. The third kappa shape index (κ3) is 3.34. The molecule has 3 N–H and O–H groups in total. The van der Waals surface area contributed by atoms with Crippen molar-refractivity contribution in [2.24, 2.45) is 0 Å². The van der Waals surface area contributed by atoms with Crippen LogP contribution >= 0.6 is 15.9 Å². The summed E-state index contributed by atoms with van der Waals surface area (Å²) < 4.78 is 13.3. The second kappa shape index (κ2) is 5.88. The molecular weight excluding hydrogens is 345 g/mol. The van der Waals surface area contributed by atoms with Crippen LogP contribution in [0.15, 0.2) is 40.9 Å². The van der Waals surface area contributed by atoms with E-state index in [9.17, 15) is 19.3 Å². The summed E-state index contributed by atoms with van der Waals surface area (Å²) in [6, 6.07) is 7.66. The van der Waals surface area contributed by atoms with Gasteiger partial charge in [0.25, 0.3) is 11.6 Å². The van der Waals surface area contributed by atoms with Crippen LogP contribution in [0.5, 0.6) is 0 Å². The highest BCUT2D eigenvalue weighted by atomic mass is 79.9. The van der Waals surface area contributed by atoms with Crippen molar-refractivity contribution in [2.75, 3.05) is 11.1 Å². The molecule has 0 radical (unpaired) electrons. The third-order valence-electron chi connectivity index (χ3n) is 2.66. The third-order valence-corrected chi connectivity index (χ3v) is 3.27. The first-order valence-corrected chi connectivity index (χ1v) is 6.48. The summed E-state index contributed by atoms with van der Waals surface area (Å²) in [6.07, 6.45) is 0. The Kier molecular flexibility index (Phi) is 4.18. The summed E-state index contributed by atoms with van der Waals surface area (Å²) in [5.74, 6) is -0.956. The van der Waals surface area contributed by atoms with Gasteiger partial charge in [-0.3, -0.25) is 14.9 Å². The predicted octanol–water partition coefficient (Wildman–Crippen LogP) is 3.33. The fourth-order valence-electron chi connectivity index (χ4n) is 1.64. The summed E-state index contributed by atoms with van der Waals surface area (Å²) in [6.45, 7) is 0. The lowest BCUT2D eigenvalue weighted by Gasteiger charge is -2.07. The smallest absolute Gasteiger partial charge is 0.292 e. The van der Waals surface area contributed by atoms with Crippen molar-refractivity contribution in [2.45, 2.75) is 0 Å². The summed E-state index contributed by atoms with van der Waals surface area (Å²) in [7, 11) is 0. The van der Waals surface area contributed by atoms with Gasteiger partial charge in [0.05, 0.1) is 9.40 Å². The van der Waals surface area contributed by atoms with Crippen molar-refractivity contribution < 1.29 is 14.1 Å². The van der Waals surface area contributed by atoms with Gasteiger partial charge in [-0.15, -0.1) is 0 Å². The number of hydrogen-bond donors (Lipinski definition) is 2. The van der Waals surface area contributed by atoms with Gasteiger partial charge in [-0.1, -0.05) is 0 Å². The maximum absolute atomic E-state index is 13.1. The van der Waals surface area contributed by atoms with E-state index < -0.39 is 16.6 Å². The molecule has 0 aromatic heterocycles. The molecule has 2 rings (SSSR count). The van der Waals surface area contributed by atoms with E-state index in [1.807, 2.05) is 0 Å². The van der Waals surface area contributed by atoms with Crippen LogP contribution in [0.4, 0.5) is 21.5 Å². The van der Waals surface area contributed by atoms with Crippen LogP contribution in [0.2, 0.25) is 0 Å². The number of rotatable bonds is 3. The number of amides is 1. The SMILES string of the molecule is Nc1cc(C(=O)Nc2ccc(F)c(Br)c2)ccc1[N+](=O)[O-]. The van der Waals surface area contributed by atoms with Gasteiger partial charge >= 0.3 is 0 Å². The molecule has 0 fully saturated rings. The average molecular weight is 354 g/mol. The van der Waals surface area contributed by atoms with E-state index >= 15 is 0 Å². The van der Waals surface area contributed by atoms with Gasteiger partial charge in [0.1, 0.15) is 11.5 Å². The number of nitro groups is 1. The minimum atomic E-state index is -0.631. The Morgan fingerprint density at radius 3 is 2.57 bits per heavy atom. The van der Waals surface area contributed by atoms with E-state index in [1.54, 1.807) is 0 Å². The van der Waals surface area contributed by atoms with Crippen LogP contribution in [0.3, 0.4) is 0 Å². The lowest BCUT2D eigenvalue weighted by atomic mass is 10.1. The molecule has 8 heteroatoms. The monoisotopic (exact) mass is 353 g/mol. The zero-order valence-corrected chi connectivity index (χ0v) is 12.1. The summed E-state index contributed by atoms with van der Waals surface area (Å²) >= 11 is 3.01. The van der Waals surface area contributed by atoms with E-state index in [-0.39, 0.29) is 21.4 Å². The van der Waals surface area contributed by atoms with Gasteiger partial charge < -0.3 is 11.1 Å². The minimum absolute atomic E-state index is 0.104. The normalized spacial score (nSPS) is 10.2. The first-order valence-electron chi connectivity index (χ1n) is 5.69. The van der Waals surface area contributed by atoms with Gasteiger partial charge in [0.15, 0.2) is 0 Å². The number of nitrogen functional groups attached to an aromatic ring is 1. The standard InChI is InChI=1S/C13H9BrFN3O3/c14-9-6-8(2-3-10(9)15)17-13(19)7-1-4-12(18(20)21)11(16)5-7/h1-6H,16H2,(H,17,19). The molecule has 0 aliphatic rings. The molecule has 0 aliphatic carbocycles. The Bertz CT molecular complexity index is 737. The van der Waals surface area contributed by atoms with Gasteiger partial charge in [-0.05, 0) is 46.3 Å². The minimum Gasteiger partial charge on any atom is -0.393 e. The number of nitrogens with one attached hydrogen (secondary N) is 1. The Labute approximate surface area is 127 Å². The zero-order chi connectivity index (χ0) is 15.6. The number of carbonyl (C=O) groups excluding carboxylic acids is 1. The maximum Gasteiger partial charge on any atom is 0.292 e. The van der Waals surface area contributed by atoms with Crippen LogP contribution in [-0.4, -0.2) is 10.8 Å². The molecule has 21 heavy (non-hydrogen) atoms. The van der Waals surface area contributed by atoms with Gasteiger partial charge in [-0.2, -0.15) is 0 Å². The van der Waals surface area contributed by atoms with Crippen LogP contribution in [0.25, 0.3) is 0 Å². The van der Waals surface area contributed by atoms with E-state index in [0.717, 1.165) is 6.07 Å².